The summed E-state index contributed by atoms with van der Waals surface area (Å²) in [6.07, 6.45) is 20.5. The number of allylic oxidation sites excluding steroid dienone is 2. The topological polar surface area (TPSA) is 307 Å². The zero-order valence-electron chi connectivity index (χ0n) is 50.0. The predicted molar refractivity (Wildman–Crippen MR) is 310 cm³/mol. The summed E-state index contributed by atoms with van der Waals surface area (Å²) in [7, 11) is 0. The Hall–Kier alpha value is -1.47. The van der Waals surface area contributed by atoms with Crippen LogP contribution in [0.25, 0.3) is 0 Å². The van der Waals surface area contributed by atoms with Crippen LogP contribution >= 0.6 is 0 Å². The molecule has 3 heterocycles. The van der Waals surface area contributed by atoms with Crippen LogP contribution < -0.4 is 5.32 Å². The van der Waals surface area contributed by atoms with E-state index in [2.05, 4.69) is 31.3 Å². The van der Waals surface area contributed by atoms with Crippen molar-refractivity contribution in [2.45, 2.75) is 349 Å². The zero-order chi connectivity index (χ0) is 59.0. The number of aliphatic hydroxyl groups is 11. The van der Waals surface area contributed by atoms with Crippen molar-refractivity contribution in [3.63, 3.8) is 0 Å². The average Bonchev–Trinajstić information content (AvgIpc) is 3.47. The molecule has 0 bridgehead atoms. The SMILES string of the molecule is CCCCCCCCCC/C=C\CCCCCCCCCCCCCCCCCC(=O)NC(COC1OC(CO)C(OC2OC(CO)C(OC3OC(CO)C(O)C(O)C3O)C(O)C2O)C(O)C1O)C(O)CCCCCCCCCCC. The van der Waals surface area contributed by atoms with Gasteiger partial charge < -0.3 is 89.9 Å². The molecule has 19 heteroatoms. The van der Waals surface area contributed by atoms with Gasteiger partial charge in [0.2, 0.25) is 5.91 Å². The molecule has 1 amide bonds. The second kappa shape index (κ2) is 45.8. The van der Waals surface area contributed by atoms with E-state index in [0.717, 1.165) is 44.9 Å². The summed E-state index contributed by atoms with van der Waals surface area (Å²) in [6.45, 7) is 1.77. The van der Waals surface area contributed by atoms with Gasteiger partial charge in [-0.2, -0.15) is 0 Å². The molecule has 0 aliphatic carbocycles. The van der Waals surface area contributed by atoms with E-state index in [1.54, 1.807) is 0 Å². The highest BCUT2D eigenvalue weighted by Crippen LogP contribution is 2.33. The molecular formula is C62H117NO18. The maximum Gasteiger partial charge on any atom is 0.220 e. The molecule has 0 aromatic carbocycles. The summed E-state index contributed by atoms with van der Waals surface area (Å²) in [5.41, 5.74) is 0. The van der Waals surface area contributed by atoms with E-state index in [-0.39, 0.29) is 18.9 Å². The fourth-order valence-corrected chi connectivity index (χ4v) is 11.3. The number of carbonyl (C=O) groups is 1. The molecule has 3 saturated heterocycles. The van der Waals surface area contributed by atoms with Crippen molar-refractivity contribution in [1.82, 2.24) is 5.32 Å². The third-order valence-electron chi connectivity index (χ3n) is 16.6. The lowest BCUT2D eigenvalue weighted by atomic mass is 9.96. The van der Waals surface area contributed by atoms with E-state index in [1.807, 2.05) is 0 Å². The molecule has 3 aliphatic heterocycles. The summed E-state index contributed by atoms with van der Waals surface area (Å²) in [6, 6.07) is -0.881. The molecule has 478 valence electrons. The largest absolute Gasteiger partial charge is 0.394 e. The number of nitrogens with one attached hydrogen (secondary N) is 1. The smallest absolute Gasteiger partial charge is 0.220 e. The van der Waals surface area contributed by atoms with Crippen molar-refractivity contribution in [1.29, 1.82) is 0 Å². The Morgan fingerprint density at radius 3 is 1.20 bits per heavy atom. The van der Waals surface area contributed by atoms with Gasteiger partial charge in [-0.05, 0) is 38.5 Å². The lowest BCUT2D eigenvalue weighted by molar-refractivity contribution is -0.379. The highest BCUT2D eigenvalue weighted by Gasteiger charge is 2.53. The van der Waals surface area contributed by atoms with Gasteiger partial charge in [0.25, 0.3) is 0 Å². The van der Waals surface area contributed by atoms with Gasteiger partial charge in [0.1, 0.15) is 73.2 Å². The van der Waals surface area contributed by atoms with Gasteiger partial charge in [-0.15, -0.1) is 0 Å². The molecular weight excluding hydrogens is 1050 g/mol. The van der Waals surface area contributed by atoms with Crippen LogP contribution in [-0.4, -0.2) is 193 Å². The first-order chi connectivity index (χ1) is 39.3. The Morgan fingerprint density at radius 1 is 0.432 bits per heavy atom. The Bertz CT molecular complexity index is 1530. The van der Waals surface area contributed by atoms with Gasteiger partial charge in [0.05, 0.1) is 38.6 Å². The van der Waals surface area contributed by atoms with Crippen LogP contribution in [0.2, 0.25) is 0 Å². The third-order valence-corrected chi connectivity index (χ3v) is 16.6. The molecule has 17 unspecified atom stereocenters. The van der Waals surface area contributed by atoms with Crippen LogP contribution in [0, 0.1) is 0 Å². The summed E-state index contributed by atoms with van der Waals surface area (Å²) in [5.74, 6) is -0.242. The maximum atomic E-state index is 13.3. The number of hydrogen-bond acceptors (Lipinski definition) is 18. The van der Waals surface area contributed by atoms with E-state index in [4.69, 9.17) is 28.4 Å². The fraction of sp³-hybridized carbons (Fsp3) is 0.952. The zero-order valence-corrected chi connectivity index (χ0v) is 50.0. The second-order valence-electron chi connectivity index (χ2n) is 23.6. The Labute approximate surface area is 486 Å². The summed E-state index contributed by atoms with van der Waals surface area (Å²) < 4.78 is 34.3. The van der Waals surface area contributed by atoms with Crippen molar-refractivity contribution in [2.75, 3.05) is 26.4 Å². The molecule has 0 spiro atoms. The minimum Gasteiger partial charge on any atom is -0.394 e. The summed E-state index contributed by atoms with van der Waals surface area (Å²) in [5, 5.41) is 120. The van der Waals surface area contributed by atoms with E-state index < -0.39 is 124 Å². The van der Waals surface area contributed by atoms with Gasteiger partial charge in [0.15, 0.2) is 18.9 Å². The number of ether oxygens (including phenoxy) is 6. The van der Waals surface area contributed by atoms with Crippen molar-refractivity contribution in [3.8, 4) is 0 Å². The van der Waals surface area contributed by atoms with Crippen molar-refractivity contribution in [3.05, 3.63) is 12.2 Å². The average molecular weight is 1160 g/mol. The lowest BCUT2D eigenvalue weighted by Gasteiger charge is -2.48. The summed E-state index contributed by atoms with van der Waals surface area (Å²) in [4.78, 5) is 13.3. The molecule has 3 fully saturated rings. The molecule has 81 heavy (non-hydrogen) atoms. The Morgan fingerprint density at radius 2 is 0.778 bits per heavy atom. The molecule has 3 aliphatic rings. The third kappa shape index (κ3) is 29.2. The number of rotatable bonds is 49. The minimum atomic E-state index is -1.97. The van der Waals surface area contributed by atoms with Crippen LogP contribution in [-0.2, 0) is 33.2 Å². The van der Waals surface area contributed by atoms with E-state index in [1.165, 1.54) is 167 Å². The van der Waals surface area contributed by atoms with Gasteiger partial charge in [0, 0.05) is 6.42 Å². The van der Waals surface area contributed by atoms with E-state index in [9.17, 15) is 61.0 Å². The Balaban J connectivity index is 1.37. The molecule has 3 rings (SSSR count). The normalized spacial score (nSPS) is 29.8. The molecule has 12 N–H and O–H groups in total. The number of unbranched alkanes of at least 4 members (excludes halogenated alkanes) is 31. The molecule has 0 radical (unpaired) electrons. The number of amides is 1. The van der Waals surface area contributed by atoms with Gasteiger partial charge >= 0.3 is 0 Å². The first-order valence-corrected chi connectivity index (χ1v) is 32.4. The quantitative estimate of drug-likeness (QED) is 0.0217. The number of aliphatic hydroxyl groups excluding tert-OH is 11. The molecule has 0 aromatic heterocycles. The van der Waals surface area contributed by atoms with E-state index in [0.29, 0.717) is 12.8 Å². The second-order valence-corrected chi connectivity index (χ2v) is 23.6. The number of carbonyl (C=O) groups excluding carboxylic acids is 1. The van der Waals surface area contributed by atoms with Crippen molar-refractivity contribution in [2.24, 2.45) is 0 Å². The molecule has 0 aromatic rings. The van der Waals surface area contributed by atoms with Gasteiger partial charge in [-0.1, -0.05) is 212 Å². The van der Waals surface area contributed by atoms with Crippen LogP contribution in [0.15, 0.2) is 12.2 Å². The Kier molecular flexibility index (Phi) is 41.7. The minimum absolute atomic E-state index is 0.242. The number of hydrogen-bond donors (Lipinski definition) is 12. The van der Waals surface area contributed by atoms with Crippen LogP contribution in [0.1, 0.15) is 245 Å². The fourth-order valence-electron chi connectivity index (χ4n) is 11.3. The van der Waals surface area contributed by atoms with Crippen LogP contribution in [0.5, 0.6) is 0 Å². The van der Waals surface area contributed by atoms with Gasteiger partial charge in [-0.25, -0.2) is 0 Å². The lowest BCUT2D eigenvalue weighted by Crippen LogP contribution is -2.66. The van der Waals surface area contributed by atoms with Crippen LogP contribution in [0.3, 0.4) is 0 Å². The standard InChI is InChI=1S/C62H117NO18/c1-3-5-7-9-11-13-14-15-16-17-18-19-20-21-22-23-24-25-26-27-28-29-30-32-34-36-38-40-50(68)63-45(46(67)39-37-35-33-31-12-10-8-6-4-2)44-76-60-56(74)53(71)58(48(42-65)78-60)81-62-57(75)54(72)59(49(43-66)79-62)80-61-55(73)52(70)51(69)47(41-64)77-61/h17-18,45-49,51-62,64-67,69-75H,3-16,19-44H2,1-2H3,(H,63,68)/b18-17-. The van der Waals surface area contributed by atoms with Crippen molar-refractivity contribution < 1.29 is 89.4 Å². The van der Waals surface area contributed by atoms with Crippen molar-refractivity contribution >= 4 is 5.91 Å². The highest BCUT2D eigenvalue weighted by atomic mass is 16.8. The predicted octanol–water partition coefficient (Wildman–Crippen LogP) is 6.94. The highest BCUT2D eigenvalue weighted by molar-refractivity contribution is 5.76. The van der Waals surface area contributed by atoms with E-state index >= 15 is 0 Å². The first-order valence-electron chi connectivity index (χ1n) is 32.4. The van der Waals surface area contributed by atoms with Crippen LogP contribution in [0.4, 0.5) is 0 Å². The summed E-state index contributed by atoms with van der Waals surface area (Å²) >= 11 is 0. The molecule has 19 nitrogen and oxygen atoms in total. The maximum absolute atomic E-state index is 13.3. The molecule has 17 atom stereocenters. The monoisotopic (exact) mass is 1160 g/mol. The van der Waals surface area contributed by atoms with Gasteiger partial charge in [-0.3, -0.25) is 4.79 Å². The molecule has 0 saturated carbocycles. The first kappa shape index (κ1) is 73.8.